The highest BCUT2D eigenvalue weighted by Gasteiger charge is 2.25. The fourth-order valence-corrected chi connectivity index (χ4v) is 2.33. The molecule has 17 heavy (non-hydrogen) atoms. The Labute approximate surface area is 102 Å². The van der Waals surface area contributed by atoms with Crippen molar-refractivity contribution in [2.45, 2.75) is 32.9 Å². The second kappa shape index (κ2) is 5.00. The molecule has 4 heteroatoms. The molecule has 0 bridgehead atoms. The molecule has 2 heterocycles. The van der Waals surface area contributed by atoms with Crippen LogP contribution in [0.2, 0.25) is 0 Å². The van der Waals surface area contributed by atoms with E-state index in [2.05, 4.69) is 35.6 Å². The van der Waals surface area contributed by atoms with E-state index in [1.165, 1.54) is 12.3 Å². The van der Waals surface area contributed by atoms with Crippen LogP contribution in [0.1, 0.15) is 20.8 Å². The summed E-state index contributed by atoms with van der Waals surface area (Å²) in [6, 6.07) is 4.24. The summed E-state index contributed by atoms with van der Waals surface area (Å²) in [5.74, 6) is 0.601. The second-order valence-electron chi connectivity index (χ2n) is 4.97. The molecule has 0 saturated carbocycles. The molecule has 1 aromatic heterocycles. The number of halogens is 1. The normalized spacial score (nSPS) is 22.2. The molecule has 2 rings (SSSR count). The van der Waals surface area contributed by atoms with E-state index in [0.29, 0.717) is 12.1 Å². The molecule has 0 aliphatic carbocycles. The summed E-state index contributed by atoms with van der Waals surface area (Å²) in [7, 11) is 0. The van der Waals surface area contributed by atoms with E-state index in [1.807, 2.05) is 0 Å². The first kappa shape index (κ1) is 12.3. The Kier molecular flexibility index (Phi) is 3.62. The zero-order valence-electron chi connectivity index (χ0n) is 10.7. The lowest BCUT2D eigenvalue weighted by molar-refractivity contribution is 0.185. The van der Waals surface area contributed by atoms with Gasteiger partial charge in [-0.25, -0.2) is 9.37 Å². The molecule has 1 aliphatic heterocycles. The predicted octanol–water partition coefficient (Wildman–Crippen LogP) is 2.14. The second-order valence-corrected chi connectivity index (χ2v) is 4.97. The maximum absolute atomic E-state index is 12.8. The summed E-state index contributed by atoms with van der Waals surface area (Å²) in [5.41, 5.74) is 0. The average molecular weight is 237 g/mol. The number of aromatic nitrogens is 1. The van der Waals surface area contributed by atoms with Gasteiger partial charge < -0.3 is 4.90 Å². The molecule has 1 aromatic rings. The number of rotatable bonds is 2. The van der Waals surface area contributed by atoms with E-state index in [-0.39, 0.29) is 5.82 Å². The summed E-state index contributed by atoms with van der Waals surface area (Å²) in [4.78, 5) is 8.87. The zero-order valence-corrected chi connectivity index (χ0v) is 10.7. The van der Waals surface area contributed by atoms with Crippen LogP contribution in [0.4, 0.5) is 10.2 Å². The van der Waals surface area contributed by atoms with Crippen LogP contribution >= 0.6 is 0 Å². The largest absolute Gasteiger partial charge is 0.351 e. The standard InChI is InChI=1S/C13H20FN3/c1-10(2)16-6-7-17(11(3)9-16)13-5-4-12(14)8-15-13/h4-5,8,10-11H,6-7,9H2,1-3H3/t11-/m0/s1. The highest BCUT2D eigenvalue weighted by Crippen LogP contribution is 2.19. The maximum atomic E-state index is 12.8. The molecule has 94 valence electrons. The maximum Gasteiger partial charge on any atom is 0.141 e. The molecule has 0 unspecified atom stereocenters. The Balaban J connectivity index is 2.06. The van der Waals surface area contributed by atoms with Gasteiger partial charge in [-0.1, -0.05) is 0 Å². The highest BCUT2D eigenvalue weighted by atomic mass is 19.1. The lowest BCUT2D eigenvalue weighted by Gasteiger charge is -2.42. The number of nitrogens with zero attached hydrogens (tertiary/aromatic N) is 3. The number of hydrogen-bond acceptors (Lipinski definition) is 3. The summed E-state index contributed by atoms with van der Waals surface area (Å²) >= 11 is 0. The van der Waals surface area contributed by atoms with Crippen molar-refractivity contribution in [1.82, 2.24) is 9.88 Å². The minimum atomic E-state index is -0.276. The van der Waals surface area contributed by atoms with E-state index in [0.717, 1.165) is 25.5 Å². The molecule has 1 saturated heterocycles. The van der Waals surface area contributed by atoms with Crippen LogP contribution in [0.3, 0.4) is 0 Å². The molecule has 3 nitrogen and oxygen atoms in total. The van der Waals surface area contributed by atoms with Crippen molar-refractivity contribution in [3.8, 4) is 0 Å². The molecular formula is C13H20FN3. The molecule has 1 atom stereocenters. The van der Waals surface area contributed by atoms with E-state index >= 15 is 0 Å². The van der Waals surface area contributed by atoms with Crippen LogP contribution in [0.25, 0.3) is 0 Å². The number of piperazine rings is 1. The Morgan fingerprint density at radius 1 is 1.35 bits per heavy atom. The molecular weight excluding hydrogens is 217 g/mol. The molecule has 0 radical (unpaired) electrons. The first-order valence-electron chi connectivity index (χ1n) is 6.20. The molecule has 0 N–H and O–H groups in total. The molecule has 0 spiro atoms. The first-order valence-corrected chi connectivity index (χ1v) is 6.20. The average Bonchev–Trinajstić information content (AvgIpc) is 2.30. The minimum Gasteiger partial charge on any atom is -0.351 e. The van der Waals surface area contributed by atoms with Crippen LogP contribution in [0.15, 0.2) is 18.3 Å². The summed E-state index contributed by atoms with van der Waals surface area (Å²) in [6.07, 6.45) is 1.29. The van der Waals surface area contributed by atoms with Crippen LogP contribution in [-0.2, 0) is 0 Å². The fourth-order valence-electron chi connectivity index (χ4n) is 2.33. The molecule has 0 aromatic carbocycles. The third-order valence-electron chi connectivity index (χ3n) is 3.40. The van der Waals surface area contributed by atoms with Crippen molar-refractivity contribution in [2.24, 2.45) is 0 Å². The van der Waals surface area contributed by atoms with Crippen molar-refractivity contribution >= 4 is 5.82 Å². The quantitative estimate of drug-likeness (QED) is 0.785. The minimum absolute atomic E-state index is 0.276. The Morgan fingerprint density at radius 2 is 2.12 bits per heavy atom. The summed E-state index contributed by atoms with van der Waals surface area (Å²) in [5, 5.41) is 0. The van der Waals surface area contributed by atoms with Gasteiger partial charge in [-0.05, 0) is 32.9 Å². The highest BCUT2D eigenvalue weighted by molar-refractivity contribution is 5.40. The van der Waals surface area contributed by atoms with Crippen LogP contribution in [0.5, 0.6) is 0 Å². The van der Waals surface area contributed by atoms with Gasteiger partial charge in [-0.3, -0.25) is 4.90 Å². The van der Waals surface area contributed by atoms with Gasteiger partial charge >= 0.3 is 0 Å². The summed E-state index contributed by atoms with van der Waals surface area (Å²) in [6.45, 7) is 9.67. The SMILES string of the molecule is CC(C)N1CCN(c2ccc(F)cn2)[C@@H](C)C1. The Hall–Kier alpha value is -1.16. The van der Waals surface area contributed by atoms with Crippen LogP contribution < -0.4 is 4.90 Å². The Morgan fingerprint density at radius 3 is 2.65 bits per heavy atom. The van der Waals surface area contributed by atoms with Crippen molar-refractivity contribution < 1.29 is 4.39 Å². The monoisotopic (exact) mass is 237 g/mol. The van der Waals surface area contributed by atoms with Gasteiger partial charge in [0, 0.05) is 31.7 Å². The number of hydrogen-bond donors (Lipinski definition) is 0. The number of anilines is 1. The third-order valence-corrected chi connectivity index (χ3v) is 3.40. The zero-order chi connectivity index (χ0) is 12.4. The molecule has 0 amide bonds. The van der Waals surface area contributed by atoms with E-state index in [1.54, 1.807) is 6.07 Å². The predicted molar refractivity (Wildman–Crippen MR) is 67.7 cm³/mol. The third kappa shape index (κ3) is 2.75. The smallest absolute Gasteiger partial charge is 0.141 e. The topological polar surface area (TPSA) is 19.4 Å². The van der Waals surface area contributed by atoms with Gasteiger partial charge in [0.15, 0.2) is 0 Å². The molecule has 1 fully saturated rings. The van der Waals surface area contributed by atoms with Gasteiger partial charge in [0.25, 0.3) is 0 Å². The van der Waals surface area contributed by atoms with Gasteiger partial charge in [0.1, 0.15) is 11.6 Å². The van der Waals surface area contributed by atoms with Gasteiger partial charge in [0.05, 0.1) is 6.20 Å². The summed E-state index contributed by atoms with van der Waals surface area (Å²) < 4.78 is 12.8. The van der Waals surface area contributed by atoms with Crippen LogP contribution in [0, 0.1) is 5.82 Å². The fraction of sp³-hybridized carbons (Fsp3) is 0.615. The van der Waals surface area contributed by atoms with Crippen molar-refractivity contribution in [3.05, 3.63) is 24.1 Å². The van der Waals surface area contributed by atoms with Gasteiger partial charge in [0.2, 0.25) is 0 Å². The van der Waals surface area contributed by atoms with Crippen molar-refractivity contribution in [1.29, 1.82) is 0 Å². The lowest BCUT2D eigenvalue weighted by Crippen LogP contribution is -2.54. The first-order chi connectivity index (χ1) is 8.08. The number of pyridine rings is 1. The lowest BCUT2D eigenvalue weighted by atomic mass is 10.1. The van der Waals surface area contributed by atoms with Gasteiger partial charge in [-0.2, -0.15) is 0 Å². The van der Waals surface area contributed by atoms with E-state index in [9.17, 15) is 4.39 Å². The molecule has 1 aliphatic rings. The van der Waals surface area contributed by atoms with Crippen molar-refractivity contribution in [3.63, 3.8) is 0 Å². The van der Waals surface area contributed by atoms with E-state index < -0.39 is 0 Å². The van der Waals surface area contributed by atoms with Crippen molar-refractivity contribution in [2.75, 3.05) is 24.5 Å². The Bertz CT molecular complexity index is 363. The van der Waals surface area contributed by atoms with Crippen LogP contribution in [-0.4, -0.2) is 41.6 Å². The van der Waals surface area contributed by atoms with E-state index in [4.69, 9.17) is 0 Å². The van der Waals surface area contributed by atoms with Gasteiger partial charge in [-0.15, -0.1) is 0 Å².